The number of benzene rings is 1. The molecule has 1 aromatic carbocycles. The largest absolute Gasteiger partial charge is 0.421 e. The minimum absolute atomic E-state index is 0.0261. The molecule has 0 aromatic heterocycles. The lowest BCUT2D eigenvalue weighted by Gasteiger charge is -2.27. The summed E-state index contributed by atoms with van der Waals surface area (Å²) in [6.07, 6.45) is -8.88. The molecular formula is C18H18F6N2O2S. The van der Waals surface area contributed by atoms with Crippen LogP contribution in [0.5, 0.6) is 0 Å². The quantitative estimate of drug-likeness (QED) is 0.512. The molecular weight excluding hydrogens is 422 g/mol. The summed E-state index contributed by atoms with van der Waals surface area (Å²) in [5, 5.41) is 18.8. The molecule has 160 valence electrons. The summed E-state index contributed by atoms with van der Waals surface area (Å²) in [6.45, 7) is 0. The second-order valence-electron chi connectivity index (χ2n) is 6.26. The van der Waals surface area contributed by atoms with E-state index in [0.717, 1.165) is 18.2 Å². The maximum atomic E-state index is 13.3. The molecule has 1 unspecified atom stereocenters. The number of rotatable bonds is 7. The van der Waals surface area contributed by atoms with Crippen LogP contribution in [0, 0.1) is 11.3 Å². The Labute approximate surface area is 167 Å². The fraction of sp³-hybridized carbons (Fsp3) is 0.444. The minimum Gasteiger partial charge on any atom is -0.376 e. The molecule has 29 heavy (non-hydrogen) atoms. The summed E-state index contributed by atoms with van der Waals surface area (Å²) >= 11 is 0.690. The Morgan fingerprint density at radius 1 is 1.24 bits per heavy atom. The number of nitriles is 1. The van der Waals surface area contributed by atoms with E-state index in [4.69, 9.17) is 5.26 Å². The monoisotopic (exact) mass is 440 g/mol. The van der Waals surface area contributed by atoms with Gasteiger partial charge in [0.05, 0.1) is 17.2 Å². The summed E-state index contributed by atoms with van der Waals surface area (Å²) in [5.41, 5.74) is -5.51. The van der Waals surface area contributed by atoms with E-state index in [1.54, 1.807) is 0 Å². The zero-order valence-corrected chi connectivity index (χ0v) is 16.3. The van der Waals surface area contributed by atoms with Crippen LogP contribution < -0.4 is 0 Å². The molecule has 0 aliphatic heterocycles. The zero-order chi connectivity index (χ0) is 22.5. The van der Waals surface area contributed by atoms with Gasteiger partial charge in [-0.3, -0.25) is 4.79 Å². The summed E-state index contributed by atoms with van der Waals surface area (Å²) < 4.78 is 78.8. The van der Waals surface area contributed by atoms with Crippen LogP contribution in [0.1, 0.15) is 23.1 Å². The van der Waals surface area contributed by atoms with Crippen molar-refractivity contribution in [2.75, 3.05) is 25.6 Å². The van der Waals surface area contributed by atoms with Crippen LogP contribution in [-0.4, -0.2) is 53.3 Å². The maximum absolute atomic E-state index is 13.3. The highest BCUT2D eigenvalue weighted by atomic mass is 32.2. The Morgan fingerprint density at radius 2 is 1.86 bits per heavy atom. The highest BCUT2D eigenvalue weighted by molar-refractivity contribution is 7.99. The lowest BCUT2D eigenvalue weighted by atomic mass is 10.0. The number of carbonyl (C=O) groups excluding carboxylic acids is 1. The molecule has 0 radical (unpaired) electrons. The highest BCUT2D eigenvalue weighted by Crippen LogP contribution is 2.36. The first-order valence-electron chi connectivity index (χ1n) is 8.09. The first kappa shape index (κ1) is 24.8. The second-order valence-corrected chi connectivity index (χ2v) is 7.37. The normalized spacial score (nSPS) is 14.5. The van der Waals surface area contributed by atoms with Crippen LogP contribution >= 0.6 is 11.8 Å². The van der Waals surface area contributed by atoms with Crippen molar-refractivity contribution >= 4 is 23.7 Å². The Bertz CT molecular complexity index is 799. The smallest absolute Gasteiger partial charge is 0.376 e. The molecule has 0 fully saturated rings. The van der Waals surface area contributed by atoms with Crippen molar-refractivity contribution in [2.24, 2.45) is 0 Å². The Kier molecular flexibility index (Phi) is 8.17. The van der Waals surface area contributed by atoms with E-state index < -0.39 is 34.8 Å². The summed E-state index contributed by atoms with van der Waals surface area (Å²) in [6, 6.07) is 3.80. The molecule has 0 saturated carbocycles. The SMILES string of the molecule is CN(C)C(=O)CCSCC(O)(C=Cc1ccc(C#N)c(C(F)(F)F)c1)C(F)(F)F. The number of halogens is 6. The number of amides is 1. The van der Waals surface area contributed by atoms with Gasteiger partial charge in [0.25, 0.3) is 0 Å². The topological polar surface area (TPSA) is 64.3 Å². The molecule has 1 rings (SSSR count). The van der Waals surface area contributed by atoms with Gasteiger partial charge in [0.2, 0.25) is 5.91 Å². The van der Waals surface area contributed by atoms with Crippen LogP contribution in [0.3, 0.4) is 0 Å². The van der Waals surface area contributed by atoms with Crippen molar-refractivity contribution in [1.29, 1.82) is 5.26 Å². The predicted octanol–water partition coefficient (Wildman–Crippen LogP) is 4.10. The molecule has 0 bridgehead atoms. The molecule has 4 nitrogen and oxygen atoms in total. The van der Waals surface area contributed by atoms with Gasteiger partial charge in [0.15, 0.2) is 5.60 Å². The van der Waals surface area contributed by atoms with Crippen molar-refractivity contribution in [3.63, 3.8) is 0 Å². The van der Waals surface area contributed by atoms with Crippen LogP contribution in [0.2, 0.25) is 0 Å². The molecule has 1 atom stereocenters. The van der Waals surface area contributed by atoms with Gasteiger partial charge in [-0.15, -0.1) is 0 Å². The van der Waals surface area contributed by atoms with Gasteiger partial charge in [-0.25, -0.2) is 0 Å². The Morgan fingerprint density at radius 3 is 2.34 bits per heavy atom. The van der Waals surface area contributed by atoms with Crippen molar-refractivity contribution in [2.45, 2.75) is 24.4 Å². The van der Waals surface area contributed by atoms with Gasteiger partial charge in [-0.1, -0.05) is 12.1 Å². The van der Waals surface area contributed by atoms with Crippen LogP contribution in [0.4, 0.5) is 26.3 Å². The first-order valence-corrected chi connectivity index (χ1v) is 9.24. The summed E-state index contributed by atoms with van der Waals surface area (Å²) in [7, 11) is 2.99. The molecule has 0 saturated heterocycles. The predicted molar refractivity (Wildman–Crippen MR) is 96.8 cm³/mol. The van der Waals surface area contributed by atoms with Crippen LogP contribution in [0.25, 0.3) is 6.08 Å². The van der Waals surface area contributed by atoms with Crippen molar-refractivity contribution in [1.82, 2.24) is 4.90 Å². The van der Waals surface area contributed by atoms with Gasteiger partial charge >= 0.3 is 12.4 Å². The van der Waals surface area contributed by atoms with Crippen LogP contribution in [-0.2, 0) is 11.0 Å². The number of nitrogens with zero attached hydrogens (tertiary/aromatic N) is 2. The molecule has 0 aliphatic carbocycles. The van der Waals surface area contributed by atoms with E-state index in [0.29, 0.717) is 23.9 Å². The third kappa shape index (κ3) is 6.97. The molecule has 0 aliphatic rings. The van der Waals surface area contributed by atoms with Gasteiger partial charge in [-0.2, -0.15) is 43.4 Å². The number of alkyl halides is 6. The van der Waals surface area contributed by atoms with Crippen molar-refractivity contribution in [3.8, 4) is 6.07 Å². The van der Waals surface area contributed by atoms with E-state index in [1.807, 2.05) is 0 Å². The van der Waals surface area contributed by atoms with E-state index in [-0.39, 0.29) is 23.6 Å². The van der Waals surface area contributed by atoms with Gasteiger partial charge in [0.1, 0.15) is 0 Å². The third-order valence-electron chi connectivity index (χ3n) is 3.79. The average molecular weight is 440 g/mol. The highest BCUT2D eigenvalue weighted by Gasteiger charge is 2.51. The number of hydrogen-bond acceptors (Lipinski definition) is 4. The Balaban J connectivity index is 3.03. The number of carbonyl (C=O) groups is 1. The molecule has 0 heterocycles. The van der Waals surface area contributed by atoms with Gasteiger partial charge < -0.3 is 10.0 Å². The van der Waals surface area contributed by atoms with Crippen LogP contribution in [0.15, 0.2) is 24.3 Å². The standard InChI is InChI=1S/C18H18F6N2O2S/c1-26(2)15(27)6-8-29-11-16(28,18(22,23)24)7-5-12-3-4-13(10-25)14(9-12)17(19,20)21/h3-5,7,9,28H,6,8,11H2,1-2H3. The fourth-order valence-corrected chi connectivity index (χ4v) is 3.10. The number of aliphatic hydroxyl groups is 1. The van der Waals surface area contributed by atoms with E-state index >= 15 is 0 Å². The molecule has 1 amide bonds. The van der Waals surface area contributed by atoms with E-state index in [2.05, 4.69) is 0 Å². The molecule has 0 spiro atoms. The number of hydrogen-bond donors (Lipinski definition) is 1. The van der Waals surface area contributed by atoms with Gasteiger partial charge in [0, 0.05) is 32.0 Å². The summed E-state index contributed by atoms with van der Waals surface area (Å²) in [4.78, 5) is 12.7. The zero-order valence-electron chi connectivity index (χ0n) is 15.4. The number of thioether (sulfide) groups is 1. The summed E-state index contributed by atoms with van der Waals surface area (Å²) in [5.74, 6) is -1.10. The lowest BCUT2D eigenvalue weighted by Crippen LogP contribution is -2.45. The molecule has 1 aromatic rings. The average Bonchev–Trinajstić information content (AvgIpc) is 2.61. The lowest BCUT2D eigenvalue weighted by molar-refractivity contribution is -0.230. The van der Waals surface area contributed by atoms with Crippen molar-refractivity contribution in [3.05, 3.63) is 41.0 Å². The molecule has 11 heteroatoms. The third-order valence-corrected chi connectivity index (χ3v) is 4.93. The van der Waals surface area contributed by atoms with Gasteiger partial charge in [-0.05, 0) is 23.8 Å². The molecule has 1 N–H and O–H groups in total. The maximum Gasteiger partial charge on any atom is 0.421 e. The minimum atomic E-state index is -5.08. The van der Waals surface area contributed by atoms with Crippen molar-refractivity contribution < 1.29 is 36.2 Å². The van der Waals surface area contributed by atoms with E-state index in [9.17, 15) is 36.2 Å². The first-order chi connectivity index (χ1) is 13.2. The Hall–Kier alpha value is -2.19. The van der Waals surface area contributed by atoms with E-state index in [1.165, 1.54) is 25.1 Å². The second kappa shape index (κ2) is 9.54. The fourth-order valence-electron chi connectivity index (χ4n) is 2.07.